The molecule has 0 bridgehead atoms. The van der Waals surface area contributed by atoms with Gasteiger partial charge in [-0.25, -0.2) is 0 Å². The lowest BCUT2D eigenvalue weighted by molar-refractivity contribution is -0.137. The Hall–Kier alpha value is -2.50. The molecule has 0 saturated carbocycles. The summed E-state index contributed by atoms with van der Waals surface area (Å²) >= 11 is 0. The van der Waals surface area contributed by atoms with Crippen LogP contribution in [0.5, 0.6) is 11.5 Å². The lowest BCUT2D eigenvalue weighted by Gasteiger charge is -2.19. The number of phenols is 1. The minimum Gasteiger partial charge on any atom is -0.504 e. The predicted octanol–water partition coefficient (Wildman–Crippen LogP) is 4.40. The molecule has 1 aliphatic rings. The molecule has 0 saturated heterocycles. The van der Waals surface area contributed by atoms with Gasteiger partial charge in [-0.1, -0.05) is 12.1 Å². The average Bonchev–Trinajstić information content (AvgIpc) is 2.59. The van der Waals surface area contributed by atoms with Gasteiger partial charge in [-0.05, 0) is 54.7 Å². The third-order valence-electron chi connectivity index (χ3n) is 4.33. The Morgan fingerprint density at radius 1 is 1.12 bits per heavy atom. The van der Waals surface area contributed by atoms with E-state index >= 15 is 0 Å². The van der Waals surface area contributed by atoms with Gasteiger partial charge in [0, 0.05) is 17.8 Å². The molecule has 132 valence electrons. The number of alkyl halides is 3. The van der Waals surface area contributed by atoms with Gasteiger partial charge in [0.1, 0.15) is 0 Å². The van der Waals surface area contributed by atoms with Crippen molar-refractivity contribution in [2.45, 2.75) is 25.4 Å². The highest BCUT2D eigenvalue weighted by molar-refractivity contribution is 6.03. The molecule has 0 aromatic heterocycles. The number of benzene rings is 2. The third kappa shape index (κ3) is 3.78. The number of rotatable bonds is 4. The molecular weight excluding hydrogens is 331 g/mol. The fourth-order valence-corrected chi connectivity index (χ4v) is 2.98. The Morgan fingerprint density at radius 2 is 1.84 bits per heavy atom. The van der Waals surface area contributed by atoms with Crippen molar-refractivity contribution in [1.82, 2.24) is 0 Å². The summed E-state index contributed by atoms with van der Waals surface area (Å²) in [5, 5.41) is 9.99. The highest BCUT2D eigenvalue weighted by Crippen LogP contribution is 2.33. The number of aliphatic imine (C=N–C) groups is 1. The zero-order chi connectivity index (χ0) is 18.0. The van der Waals surface area contributed by atoms with Crippen molar-refractivity contribution in [1.29, 1.82) is 0 Å². The number of hydrogen-bond acceptors (Lipinski definition) is 3. The van der Waals surface area contributed by atoms with E-state index in [-0.39, 0.29) is 5.75 Å². The molecule has 0 amide bonds. The average molecular weight is 349 g/mol. The van der Waals surface area contributed by atoms with Gasteiger partial charge in [0.2, 0.25) is 0 Å². The standard InChI is InChI=1S/C19H18F3NO2/c1-25-18-10-13-8-9-23-16(15(13)11-17(18)24)7-4-12-2-5-14(6-3-12)19(20,21)22/h2-3,5-6,10-11,24H,4,7-9H2,1H3. The van der Waals surface area contributed by atoms with Crippen molar-refractivity contribution < 1.29 is 23.0 Å². The van der Waals surface area contributed by atoms with E-state index in [0.717, 1.165) is 41.0 Å². The SMILES string of the molecule is COc1cc2c(cc1O)C(CCc1ccc(C(F)(F)F)cc1)=NCC2. The first-order valence-electron chi connectivity index (χ1n) is 7.98. The summed E-state index contributed by atoms with van der Waals surface area (Å²) in [5.41, 5.74) is 2.98. The van der Waals surface area contributed by atoms with Crippen LogP contribution in [0.3, 0.4) is 0 Å². The second-order valence-corrected chi connectivity index (χ2v) is 5.95. The summed E-state index contributed by atoms with van der Waals surface area (Å²) in [4.78, 5) is 4.52. The van der Waals surface area contributed by atoms with Gasteiger partial charge in [0.05, 0.1) is 12.7 Å². The minimum absolute atomic E-state index is 0.0605. The van der Waals surface area contributed by atoms with Crippen molar-refractivity contribution in [2.75, 3.05) is 13.7 Å². The minimum atomic E-state index is -4.32. The smallest absolute Gasteiger partial charge is 0.416 e. The monoisotopic (exact) mass is 349 g/mol. The maximum atomic E-state index is 12.6. The van der Waals surface area contributed by atoms with Gasteiger partial charge in [0.25, 0.3) is 0 Å². The van der Waals surface area contributed by atoms with E-state index in [1.807, 2.05) is 6.07 Å². The van der Waals surface area contributed by atoms with Gasteiger partial charge in [-0.2, -0.15) is 13.2 Å². The third-order valence-corrected chi connectivity index (χ3v) is 4.33. The van der Waals surface area contributed by atoms with Crippen molar-refractivity contribution in [2.24, 2.45) is 4.99 Å². The largest absolute Gasteiger partial charge is 0.504 e. The van der Waals surface area contributed by atoms with Crippen molar-refractivity contribution >= 4 is 5.71 Å². The van der Waals surface area contributed by atoms with E-state index in [1.165, 1.54) is 19.2 Å². The molecule has 1 heterocycles. The molecule has 0 aliphatic carbocycles. The number of phenolic OH excluding ortho intramolecular Hbond substituents is 1. The van der Waals surface area contributed by atoms with Gasteiger partial charge in [-0.3, -0.25) is 4.99 Å². The van der Waals surface area contributed by atoms with Crippen LogP contribution in [-0.4, -0.2) is 24.5 Å². The van der Waals surface area contributed by atoms with E-state index < -0.39 is 11.7 Å². The maximum absolute atomic E-state index is 12.6. The van der Waals surface area contributed by atoms with Crippen LogP contribution in [-0.2, 0) is 19.0 Å². The van der Waals surface area contributed by atoms with Crippen molar-refractivity contribution in [3.63, 3.8) is 0 Å². The molecular formula is C19H18F3NO2. The summed E-state index contributed by atoms with van der Waals surface area (Å²) < 4.78 is 43.0. The molecule has 25 heavy (non-hydrogen) atoms. The number of aryl methyl sites for hydroxylation is 1. The number of fused-ring (bicyclic) bond motifs is 1. The number of methoxy groups -OCH3 is 1. The van der Waals surface area contributed by atoms with Crippen LogP contribution in [0.1, 0.15) is 28.7 Å². The molecule has 1 N–H and O–H groups in total. The second kappa shape index (κ2) is 6.78. The first kappa shape index (κ1) is 17.3. The van der Waals surface area contributed by atoms with Crippen molar-refractivity contribution in [3.05, 3.63) is 58.7 Å². The summed E-state index contributed by atoms with van der Waals surface area (Å²) in [7, 11) is 1.50. The van der Waals surface area contributed by atoms with Crippen LogP contribution < -0.4 is 4.74 Å². The van der Waals surface area contributed by atoms with Crippen molar-refractivity contribution in [3.8, 4) is 11.5 Å². The molecule has 1 aliphatic heterocycles. The van der Waals surface area contributed by atoms with Crippen LogP contribution in [0.4, 0.5) is 13.2 Å². The van der Waals surface area contributed by atoms with E-state index in [9.17, 15) is 18.3 Å². The topological polar surface area (TPSA) is 41.8 Å². The number of hydrogen-bond donors (Lipinski definition) is 1. The quantitative estimate of drug-likeness (QED) is 0.889. The zero-order valence-electron chi connectivity index (χ0n) is 13.7. The Morgan fingerprint density at radius 3 is 2.48 bits per heavy atom. The molecule has 0 atom stereocenters. The number of aromatic hydroxyl groups is 1. The highest BCUT2D eigenvalue weighted by atomic mass is 19.4. The second-order valence-electron chi connectivity index (χ2n) is 5.95. The molecule has 0 radical (unpaired) electrons. The molecule has 0 spiro atoms. The fraction of sp³-hybridized carbons (Fsp3) is 0.316. The van der Waals surface area contributed by atoms with Crippen LogP contribution in [0.2, 0.25) is 0 Å². The number of nitrogens with zero attached hydrogens (tertiary/aromatic N) is 1. The zero-order valence-corrected chi connectivity index (χ0v) is 13.7. The van der Waals surface area contributed by atoms with Gasteiger partial charge >= 0.3 is 6.18 Å². The number of ether oxygens (including phenoxy) is 1. The molecule has 6 heteroatoms. The maximum Gasteiger partial charge on any atom is 0.416 e. The summed E-state index contributed by atoms with van der Waals surface area (Å²) in [6.45, 7) is 0.656. The van der Waals surface area contributed by atoms with Crippen LogP contribution in [0.25, 0.3) is 0 Å². The Labute approximate surface area is 143 Å². The highest BCUT2D eigenvalue weighted by Gasteiger charge is 2.29. The van der Waals surface area contributed by atoms with Crippen LogP contribution >= 0.6 is 0 Å². The summed E-state index contributed by atoms with van der Waals surface area (Å²) in [5.74, 6) is 0.494. The van der Waals surface area contributed by atoms with E-state index in [1.54, 1.807) is 6.07 Å². The lowest BCUT2D eigenvalue weighted by Crippen LogP contribution is -2.14. The number of halogens is 3. The first-order valence-corrected chi connectivity index (χ1v) is 7.98. The van der Waals surface area contributed by atoms with E-state index in [2.05, 4.69) is 4.99 Å². The first-order chi connectivity index (χ1) is 11.9. The van der Waals surface area contributed by atoms with Gasteiger partial charge < -0.3 is 9.84 Å². The molecule has 3 rings (SSSR count). The Kier molecular flexibility index (Phi) is 4.70. The summed E-state index contributed by atoms with van der Waals surface area (Å²) in [6.07, 6.45) is -2.36. The normalized spacial score (nSPS) is 14.0. The molecule has 2 aromatic rings. The summed E-state index contributed by atoms with van der Waals surface area (Å²) in [6, 6.07) is 8.67. The van der Waals surface area contributed by atoms with Gasteiger partial charge in [0.15, 0.2) is 11.5 Å². The molecule has 0 fully saturated rings. The fourth-order valence-electron chi connectivity index (χ4n) is 2.98. The van der Waals surface area contributed by atoms with E-state index in [0.29, 0.717) is 25.1 Å². The van der Waals surface area contributed by atoms with E-state index in [4.69, 9.17) is 4.74 Å². The molecule has 2 aromatic carbocycles. The Balaban J connectivity index is 1.74. The van der Waals surface area contributed by atoms with Crippen LogP contribution in [0.15, 0.2) is 41.4 Å². The predicted molar refractivity (Wildman–Crippen MR) is 89.5 cm³/mol. The Bertz CT molecular complexity index is 796. The molecule has 3 nitrogen and oxygen atoms in total. The molecule has 0 unspecified atom stereocenters. The van der Waals surface area contributed by atoms with Gasteiger partial charge in [-0.15, -0.1) is 0 Å². The lowest BCUT2D eigenvalue weighted by atomic mass is 9.93. The van der Waals surface area contributed by atoms with Crippen LogP contribution in [0, 0.1) is 0 Å².